The van der Waals surface area contributed by atoms with E-state index in [0.29, 0.717) is 36.0 Å². The third-order valence-electron chi connectivity index (χ3n) is 7.05. The van der Waals surface area contributed by atoms with Crippen molar-refractivity contribution in [2.45, 2.75) is 43.3 Å². The largest absolute Gasteiger partial charge is 0.428 e. The van der Waals surface area contributed by atoms with Crippen molar-refractivity contribution in [3.05, 3.63) is 12.2 Å². The number of hydrogen-bond acceptors (Lipinski definition) is 3. The van der Waals surface area contributed by atoms with Gasteiger partial charge in [0, 0.05) is 7.11 Å². The van der Waals surface area contributed by atoms with Gasteiger partial charge in [0.15, 0.2) is 0 Å². The summed E-state index contributed by atoms with van der Waals surface area (Å²) in [6.07, 6.45) is -5.13. The van der Waals surface area contributed by atoms with Crippen molar-refractivity contribution in [1.29, 1.82) is 0 Å². The van der Waals surface area contributed by atoms with Crippen LogP contribution in [0, 0.1) is 35.5 Å². The van der Waals surface area contributed by atoms with Gasteiger partial charge in [-0.1, -0.05) is 12.2 Å². The van der Waals surface area contributed by atoms with Gasteiger partial charge in [0.05, 0.1) is 12.7 Å². The summed E-state index contributed by atoms with van der Waals surface area (Å²) >= 11 is 0. The van der Waals surface area contributed by atoms with Crippen molar-refractivity contribution in [2.24, 2.45) is 35.5 Å². The number of fused-ring (bicyclic) bond motifs is 9. The Balaban J connectivity index is 1.50. The number of rotatable bonds is 6. The van der Waals surface area contributed by atoms with E-state index < -0.39 is 37.5 Å². The first-order valence-electron chi connectivity index (χ1n) is 9.15. The molecule has 4 bridgehead atoms. The summed E-state index contributed by atoms with van der Waals surface area (Å²) in [7, 11) is 0.969. The summed E-state index contributed by atoms with van der Waals surface area (Å²) in [6, 6.07) is 0. The van der Waals surface area contributed by atoms with Crippen molar-refractivity contribution in [2.75, 3.05) is 20.5 Å². The van der Waals surface area contributed by atoms with Crippen molar-refractivity contribution in [3.63, 3.8) is 0 Å². The summed E-state index contributed by atoms with van der Waals surface area (Å²) < 4.78 is 94.2. The number of allylic oxidation sites excluding steroid dienone is 2. The van der Waals surface area contributed by atoms with Gasteiger partial charge < -0.3 is 14.2 Å². The summed E-state index contributed by atoms with van der Waals surface area (Å²) in [5, 5.41) is 0. The molecule has 4 rings (SSSR count). The Kier molecular flexibility index (Phi) is 4.59. The molecular weight excluding hydrogens is 378 g/mol. The third kappa shape index (κ3) is 2.83. The molecule has 0 heterocycles. The second-order valence-electron chi connectivity index (χ2n) is 8.22. The van der Waals surface area contributed by atoms with Crippen LogP contribution in [0.3, 0.4) is 0 Å². The highest BCUT2D eigenvalue weighted by molar-refractivity contribution is 5.21. The van der Waals surface area contributed by atoms with Crippen LogP contribution < -0.4 is 0 Å². The molecule has 3 fully saturated rings. The average molecular weight is 400 g/mol. The lowest BCUT2D eigenvalue weighted by molar-refractivity contribution is -0.403. The second-order valence-corrected chi connectivity index (χ2v) is 8.22. The molecule has 7 atom stereocenters. The van der Waals surface area contributed by atoms with E-state index in [1.54, 1.807) is 0 Å². The maximum atomic E-state index is 13.4. The molecule has 0 saturated heterocycles. The maximum absolute atomic E-state index is 13.4. The van der Waals surface area contributed by atoms with E-state index in [4.69, 9.17) is 4.74 Å². The van der Waals surface area contributed by atoms with Crippen LogP contribution >= 0.6 is 0 Å². The highest BCUT2D eigenvalue weighted by atomic mass is 19.4. The molecule has 0 N–H and O–H groups in total. The summed E-state index contributed by atoms with van der Waals surface area (Å²) in [5.41, 5.74) is -4.38. The molecule has 0 aromatic rings. The quantitative estimate of drug-likeness (QED) is 0.288. The van der Waals surface area contributed by atoms with E-state index in [1.807, 2.05) is 0 Å². The van der Waals surface area contributed by atoms with Gasteiger partial charge in [-0.3, -0.25) is 0 Å². The third-order valence-corrected chi connectivity index (χ3v) is 7.05. The van der Waals surface area contributed by atoms with Crippen LogP contribution in [-0.4, -0.2) is 44.6 Å². The zero-order valence-electron chi connectivity index (χ0n) is 14.7. The molecule has 0 aromatic carbocycles. The SMILES string of the molecule is COCOC(COC1CC2CC1C1C3C=CC(C3)C21)(C(F)(F)F)C(F)(F)F. The number of halogens is 6. The Labute approximate surface area is 153 Å². The maximum Gasteiger partial charge on any atom is 0.428 e. The van der Waals surface area contributed by atoms with E-state index in [9.17, 15) is 26.3 Å². The Morgan fingerprint density at radius 2 is 1.52 bits per heavy atom. The van der Waals surface area contributed by atoms with Crippen LogP contribution in [0.25, 0.3) is 0 Å². The van der Waals surface area contributed by atoms with Crippen molar-refractivity contribution in [1.82, 2.24) is 0 Å². The fourth-order valence-electron chi connectivity index (χ4n) is 6.06. The van der Waals surface area contributed by atoms with E-state index >= 15 is 0 Å². The molecule has 4 aliphatic rings. The lowest BCUT2D eigenvalue weighted by Gasteiger charge is -2.40. The first-order valence-corrected chi connectivity index (χ1v) is 9.15. The van der Waals surface area contributed by atoms with E-state index in [1.165, 1.54) is 0 Å². The van der Waals surface area contributed by atoms with Crippen LogP contribution in [0.1, 0.15) is 19.3 Å². The minimum atomic E-state index is -5.67. The first-order chi connectivity index (χ1) is 12.6. The number of methoxy groups -OCH3 is 1. The molecule has 3 nitrogen and oxygen atoms in total. The summed E-state index contributed by atoms with van der Waals surface area (Å²) in [6.45, 7) is -2.73. The first kappa shape index (κ1) is 19.5. The van der Waals surface area contributed by atoms with Gasteiger partial charge in [-0.2, -0.15) is 26.3 Å². The summed E-state index contributed by atoms with van der Waals surface area (Å²) in [5.74, 6) is 2.11. The lowest BCUT2D eigenvalue weighted by atomic mass is 9.72. The van der Waals surface area contributed by atoms with E-state index in [0.717, 1.165) is 20.0 Å². The van der Waals surface area contributed by atoms with E-state index in [2.05, 4.69) is 21.6 Å². The minimum absolute atomic E-state index is 0.0292. The van der Waals surface area contributed by atoms with Crippen LogP contribution in [0.5, 0.6) is 0 Å². The van der Waals surface area contributed by atoms with Crippen molar-refractivity contribution >= 4 is 0 Å². The zero-order chi connectivity index (χ0) is 19.6. The molecule has 0 aromatic heterocycles. The smallest absolute Gasteiger partial charge is 0.374 e. The van der Waals surface area contributed by atoms with Gasteiger partial charge >= 0.3 is 12.4 Å². The number of hydrogen-bond donors (Lipinski definition) is 0. The molecule has 9 heteroatoms. The van der Waals surface area contributed by atoms with Gasteiger partial charge in [0.25, 0.3) is 5.60 Å². The van der Waals surface area contributed by atoms with Crippen LogP contribution in [0.2, 0.25) is 0 Å². The van der Waals surface area contributed by atoms with Crippen molar-refractivity contribution in [3.8, 4) is 0 Å². The van der Waals surface area contributed by atoms with Crippen LogP contribution in [0.4, 0.5) is 26.3 Å². The normalized spacial score (nSPS) is 40.2. The molecule has 0 amide bonds. The zero-order valence-corrected chi connectivity index (χ0v) is 14.7. The predicted octanol–water partition coefficient (Wildman–Crippen LogP) is 4.33. The molecule has 0 radical (unpaired) electrons. The van der Waals surface area contributed by atoms with E-state index in [-0.39, 0.29) is 5.92 Å². The minimum Gasteiger partial charge on any atom is -0.374 e. The van der Waals surface area contributed by atoms with Crippen LogP contribution in [-0.2, 0) is 14.2 Å². The average Bonchev–Trinajstić information content (AvgIpc) is 3.31. The molecule has 27 heavy (non-hydrogen) atoms. The Bertz CT molecular complexity index is 587. The van der Waals surface area contributed by atoms with Crippen LogP contribution in [0.15, 0.2) is 12.2 Å². The van der Waals surface area contributed by atoms with Gasteiger partial charge in [0.2, 0.25) is 0 Å². The molecule has 3 saturated carbocycles. The molecule has 0 aliphatic heterocycles. The van der Waals surface area contributed by atoms with Gasteiger partial charge in [-0.05, 0) is 54.8 Å². The molecule has 7 unspecified atom stereocenters. The van der Waals surface area contributed by atoms with Crippen molar-refractivity contribution < 1.29 is 40.6 Å². The molecule has 154 valence electrons. The Hall–Kier alpha value is -0.800. The highest BCUT2D eigenvalue weighted by Gasteiger charge is 2.73. The highest BCUT2D eigenvalue weighted by Crippen LogP contribution is 2.66. The van der Waals surface area contributed by atoms with Gasteiger partial charge in [-0.15, -0.1) is 0 Å². The summed E-state index contributed by atoms with van der Waals surface area (Å²) in [4.78, 5) is 0. The van der Waals surface area contributed by atoms with Gasteiger partial charge in [-0.25, -0.2) is 0 Å². The fourth-order valence-corrected chi connectivity index (χ4v) is 6.06. The fraction of sp³-hybridized carbons (Fsp3) is 0.889. The predicted molar refractivity (Wildman–Crippen MR) is 81.5 cm³/mol. The van der Waals surface area contributed by atoms with Gasteiger partial charge in [0.1, 0.15) is 6.79 Å². The molecule has 0 spiro atoms. The second kappa shape index (κ2) is 6.35. The lowest BCUT2D eigenvalue weighted by Crippen LogP contribution is -2.62. The Morgan fingerprint density at radius 1 is 0.889 bits per heavy atom. The topological polar surface area (TPSA) is 27.7 Å². The molecular formula is C18H22F6O3. The molecule has 4 aliphatic carbocycles. The standard InChI is InChI=1S/C18H22F6O3/c1-25-8-27-16(17(19,20)21,18(22,23)24)7-26-13-6-11-5-12(13)15-10-3-2-9(4-10)14(11)15/h2-3,9-15H,4-8H2,1H3. The number of alkyl halides is 6. The Morgan fingerprint density at radius 3 is 2.11 bits per heavy atom. The monoisotopic (exact) mass is 400 g/mol. The number of ether oxygens (including phenoxy) is 3.